The minimum Gasteiger partial charge on any atom is -0.484 e. The second-order valence-corrected chi connectivity index (χ2v) is 5.40. The standard InChI is InChI=1S/C19H23NO2/c1-3-16-9-11-18(12-10-16)22-14-19(21)20-13-15(2)17-7-5-4-6-8-17/h4-12,15H,3,13-14H2,1-2H3,(H,20,21)/t15-/m1/s1. The summed E-state index contributed by atoms with van der Waals surface area (Å²) in [6.07, 6.45) is 0.998. The number of carbonyl (C=O) groups is 1. The number of ether oxygens (including phenoxy) is 1. The normalized spacial score (nSPS) is 11.7. The van der Waals surface area contributed by atoms with Gasteiger partial charge in [0, 0.05) is 6.54 Å². The molecule has 0 radical (unpaired) electrons. The van der Waals surface area contributed by atoms with Crippen LogP contribution in [0.5, 0.6) is 5.75 Å². The Bertz CT molecular complexity index is 578. The van der Waals surface area contributed by atoms with Crippen molar-refractivity contribution in [3.63, 3.8) is 0 Å². The van der Waals surface area contributed by atoms with Gasteiger partial charge in [-0.1, -0.05) is 56.3 Å². The number of rotatable bonds is 7. The Morgan fingerprint density at radius 1 is 1.09 bits per heavy atom. The fourth-order valence-electron chi connectivity index (χ4n) is 2.19. The largest absolute Gasteiger partial charge is 0.484 e. The number of benzene rings is 2. The maximum Gasteiger partial charge on any atom is 0.257 e. The number of hydrogen-bond donors (Lipinski definition) is 1. The summed E-state index contributed by atoms with van der Waals surface area (Å²) in [5.41, 5.74) is 2.48. The van der Waals surface area contributed by atoms with E-state index in [0.717, 1.165) is 12.2 Å². The van der Waals surface area contributed by atoms with Crippen molar-refractivity contribution in [2.75, 3.05) is 13.2 Å². The predicted molar refractivity (Wildman–Crippen MR) is 89.2 cm³/mol. The molecule has 3 nitrogen and oxygen atoms in total. The Hall–Kier alpha value is -2.29. The van der Waals surface area contributed by atoms with Crippen LogP contribution in [-0.4, -0.2) is 19.1 Å². The quantitative estimate of drug-likeness (QED) is 0.849. The van der Waals surface area contributed by atoms with E-state index < -0.39 is 0 Å². The first-order chi connectivity index (χ1) is 10.7. The molecule has 2 aromatic rings. The molecule has 0 fully saturated rings. The highest BCUT2D eigenvalue weighted by Crippen LogP contribution is 2.14. The van der Waals surface area contributed by atoms with Crippen molar-refractivity contribution in [1.82, 2.24) is 5.32 Å². The van der Waals surface area contributed by atoms with Crippen molar-refractivity contribution in [2.45, 2.75) is 26.2 Å². The molecule has 2 aromatic carbocycles. The Morgan fingerprint density at radius 3 is 2.41 bits per heavy atom. The maximum absolute atomic E-state index is 11.8. The van der Waals surface area contributed by atoms with Crippen molar-refractivity contribution in [1.29, 1.82) is 0 Å². The van der Waals surface area contributed by atoms with Crippen LogP contribution < -0.4 is 10.1 Å². The summed E-state index contributed by atoms with van der Waals surface area (Å²) in [7, 11) is 0. The first-order valence-corrected chi connectivity index (χ1v) is 7.72. The predicted octanol–water partition coefficient (Wildman–Crippen LogP) is 3.55. The van der Waals surface area contributed by atoms with E-state index in [2.05, 4.69) is 31.3 Å². The number of nitrogens with one attached hydrogen (secondary N) is 1. The van der Waals surface area contributed by atoms with Crippen LogP contribution in [0.4, 0.5) is 0 Å². The van der Waals surface area contributed by atoms with Gasteiger partial charge in [-0.25, -0.2) is 0 Å². The molecule has 0 unspecified atom stereocenters. The van der Waals surface area contributed by atoms with Gasteiger partial charge in [0.25, 0.3) is 5.91 Å². The zero-order valence-corrected chi connectivity index (χ0v) is 13.2. The van der Waals surface area contributed by atoms with Crippen LogP contribution in [0.3, 0.4) is 0 Å². The number of hydrogen-bond acceptors (Lipinski definition) is 2. The highest BCUT2D eigenvalue weighted by Gasteiger charge is 2.08. The molecule has 0 saturated carbocycles. The zero-order chi connectivity index (χ0) is 15.8. The van der Waals surface area contributed by atoms with Crippen LogP contribution in [-0.2, 0) is 11.2 Å². The molecule has 22 heavy (non-hydrogen) atoms. The molecule has 0 spiro atoms. The molecule has 3 heteroatoms. The number of carbonyl (C=O) groups excluding carboxylic acids is 1. The summed E-state index contributed by atoms with van der Waals surface area (Å²) in [6.45, 7) is 4.87. The molecule has 0 aliphatic heterocycles. The Labute approximate surface area is 132 Å². The zero-order valence-electron chi connectivity index (χ0n) is 13.2. The van der Waals surface area contributed by atoms with Crippen LogP contribution >= 0.6 is 0 Å². The van der Waals surface area contributed by atoms with Gasteiger partial charge in [0.15, 0.2) is 6.61 Å². The van der Waals surface area contributed by atoms with Gasteiger partial charge in [-0.05, 0) is 35.6 Å². The van der Waals surface area contributed by atoms with E-state index in [9.17, 15) is 4.79 Å². The van der Waals surface area contributed by atoms with Crippen molar-refractivity contribution in [3.05, 3.63) is 65.7 Å². The average molecular weight is 297 g/mol. The molecule has 1 amide bonds. The molecule has 0 aliphatic rings. The van der Waals surface area contributed by atoms with Crippen LogP contribution in [0.2, 0.25) is 0 Å². The van der Waals surface area contributed by atoms with Crippen LogP contribution in [0.25, 0.3) is 0 Å². The second-order valence-electron chi connectivity index (χ2n) is 5.40. The fraction of sp³-hybridized carbons (Fsp3) is 0.316. The van der Waals surface area contributed by atoms with E-state index in [1.54, 1.807) is 0 Å². The molecule has 2 rings (SSSR count). The Kier molecular flexibility index (Phi) is 6.01. The van der Waals surface area contributed by atoms with Gasteiger partial charge >= 0.3 is 0 Å². The van der Waals surface area contributed by atoms with Gasteiger partial charge in [-0.15, -0.1) is 0 Å². The second kappa shape index (κ2) is 8.23. The van der Waals surface area contributed by atoms with E-state index in [1.165, 1.54) is 11.1 Å². The SMILES string of the molecule is CCc1ccc(OCC(=O)NC[C@@H](C)c2ccccc2)cc1. The smallest absolute Gasteiger partial charge is 0.257 e. The lowest BCUT2D eigenvalue weighted by molar-refractivity contribution is -0.123. The average Bonchev–Trinajstić information content (AvgIpc) is 2.59. The maximum atomic E-state index is 11.8. The van der Waals surface area contributed by atoms with Crippen molar-refractivity contribution < 1.29 is 9.53 Å². The van der Waals surface area contributed by atoms with Gasteiger partial charge in [-0.2, -0.15) is 0 Å². The van der Waals surface area contributed by atoms with Gasteiger partial charge in [0.2, 0.25) is 0 Å². The van der Waals surface area contributed by atoms with E-state index in [0.29, 0.717) is 6.54 Å². The van der Waals surface area contributed by atoms with Gasteiger partial charge in [0.05, 0.1) is 0 Å². The van der Waals surface area contributed by atoms with Crippen LogP contribution in [0.1, 0.15) is 30.9 Å². The van der Waals surface area contributed by atoms with Crippen LogP contribution in [0.15, 0.2) is 54.6 Å². The summed E-state index contributed by atoms with van der Waals surface area (Å²) in [5.74, 6) is 0.916. The minimum atomic E-state index is -0.0950. The minimum absolute atomic E-state index is 0.0486. The molecular formula is C19H23NO2. The molecule has 116 valence electrons. The summed E-state index contributed by atoms with van der Waals surface area (Å²) < 4.78 is 5.49. The summed E-state index contributed by atoms with van der Waals surface area (Å²) in [6, 6.07) is 18.0. The van der Waals surface area contributed by atoms with Gasteiger partial charge < -0.3 is 10.1 Å². The van der Waals surface area contributed by atoms with Crippen LogP contribution in [0, 0.1) is 0 Å². The van der Waals surface area contributed by atoms with E-state index in [1.807, 2.05) is 42.5 Å². The third kappa shape index (κ3) is 4.92. The summed E-state index contributed by atoms with van der Waals surface area (Å²) in [4.78, 5) is 11.8. The molecule has 0 aliphatic carbocycles. The Balaban J connectivity index is 1.73. The molecule has 1 N–H and O–H groups in total. The molecule has 1 atom stereocenters. The lowest BCUT2D eigenvalue weighted by atomic mass is 10.0. The molecular weight excluding hydrogens is 274 g/mol. The summed E-state index contributed by atoms with van der Waals surface area (Å²) in [5, 5.41) is 2.91. The summed E-state index contributed by atoms with van der Waals surface area (Å²) >= 11 is 0. The van der Waals surface area contributed by atoms with Gasteiger partial charge in [-0.3, -0.25) is 4.79 Å². The van der Waals surface area contributed by atoms with Crippen molar-refractivity contribution in [3.8, 4) is 5.75 Å². The van der Waals surface area contributed by atoms with E-state index in [-0.39, 0.29) is 18.4 Å². The van der Waals surface area contributed by atoms with E-state index >= 15 is 0 Å². The van der Waals surface area contributed by atoms with Crippen molar-refractivity contribution in [2.24, 2.45) is 0 Å². The lowest BCUT2D eigenvalue weighted by Crippen LogP contribution is -2.31. The third-order valence-corrected chi connectivity index (χ3v) is 3.68. The highest BCUT2D eigenvalue weighted by molar-refractivity contribution is 5.77. The molecule has 0 heterocycles. The van der Waals surface area contributed by atoms with E-state index in [4.69, 9.17) is 4.74 Å². The number of aryl methyl sites for hydroxylation is 1. The molecule has 0 bridgehead atoms. The van der Waals surface area contributed by atoms with Crippen molar-refractivity contribution >= 4 is 5.91 Å². The first-order valence-electron chi connectivity index (χ1n) is 7.72. The first kappa shape index (κ1) is 16.1. The third-order valence-electron chi connectivity index (χ3n) is 3.68. The Morgan fingerprint density at radius 2 is 1.77 bits per heavy atom. The monoisotopic (exact) mass is 297 g/mol. The lowest BCUT2D eigenvalue weighted by Gasteiger charge is -2.13. The van der Waals surface area contributed by atoms with Gasteiger partial charge in [0.1, 0.15) is 5.75 Å². The molecule has 0 aromatic heterocycles. The highest BCUT2D eigenvalue weighted by atomic mass is 16.5. The topological polar surface area (TPSA) is 38.3 Å². The number of amides is 1. The fourth-order valence-corrected chi connectivity index (χ4v) is 2.19. The molecule has 0 saturated heterocycles.